The summed E-state index contributed by atoms with van der Waals surface area (Å²) >= 11 is 0. The zero-order valence-corrected chi connectivity index (χ0v) is 17.7. The molecule has 0 rings (SSSR count). The van der Waals surface area contributed by atoms with Crippen LogP contribution in [0.4, 0.5) is 13.2 Å². The molecule has 0 radical (unpaired) electrons. The average Bonchev–Trinajstić information content (AvgIpc) is 2.57. The van der Waals surface area contributed by atoms with Crippen LogP contribution in [0.5, 0.6) is 0 Å². The van der Waals surface area contributed by atoms with Crippen LogP contribution < -0.4 is 5.32 Å². The summed E-state index contributed by atoms with van der Waals surface area (Å²) in [6.45, 7) is 7.54. The predicted molar refractivity (Wildman–Crippen MR) is 100 cm³/mol. The van der Waals surface area contributed by atoms with Crippen LogP contribution in [0.25, 0.3) is 0 Å². The van der Waals surface area contributed by atoms with Gasteiger partial charge < -0.3 is 19.5 Å². The van der Waals surface area contributed by atoms with E-state index in [1.165, 1.54) is 0 Å². The second-order valence-electron chi connectivity index (χ2n) is 6.70. The third kappa shape index (κ3) is 11.1. The molecule has 11 heteroatoms. The lowest BCUT2D eigenvalue weighted by atomic mass is 10.1. The van der Waals surface area contributed by atoms with E-state index in [1.54, 1.807) is 0 Å². The summed E-state index contributed by atoms with van der Waals surface area (Å²) in [6.07, 6.45) is -4.18. The summed E-state index contributed by atoms with van der Waals surface area (Å²) in [5.74, 6) is -2.03. The number of aliphatic hydroxyl groups excluding tert-OH is 1. The van der Waals surface area contributed by atoms with Gasteiger partial charge in [0.2, 0.25) is 0 Å². The number of hydrogen-bond acceptors (Lipinski definition) is 6. The average molecular weight is 429 g/mol. The van der Waals surface area contributed by atoms with E-state index in [0.717, 1.165) is 0 Å². The standard InChI is InChI=1S/C17H31F3N3O4P/c1-13(2)23(14(3)4)28(26-11-7-9-21)27-15(8-5-6-10-24)12-22-16(25)17(18,19)20/h13-15,24H,5-8,10-12H2,1-4H3,(H,22,25). The Bertz CT molecular complexity index is 479. The highest BCUT2D eigenvalue weighted by Gasteiger charge is 2.39. The molecule has 0 aromatic heterocycles. The van der Waals surface area contributed by atoms with Gasteiger partial charge in [0, 0.05) is 25.2 Å². The largest absolute Gasteiger partial charge is 0.471 e. The van der Waals surface area contributed by atoms with E-state index in [9.17, 15) is 18.0 Å². The number of rotatable bonds is 14. The molecule has 28 heavy (non-hydrogen) atoms. The second-order valence-corrected chi connectivity index (χ2v) is 8.11. The molecule has 0 aliphatic carbocycles. The van der Waals surface area contributed by atoms with Gasteiger partial charge in [-0.25, -0.2) is 4.67 Å². The molecular weight excluding hydrogens is 398 g/mol. The van der Waals surface area contributed by atoms with Crippen molar-refractivity contribution < 1.29 is 32.1 Å². The van der Waals surface area contributed by atoms with Gasteiger partial charge in [-0.2, -0.15) is 18.4 Å². The van der Waals surface area contributed by atoms with E-state index in [2.05, 4.69) is 0 Å². The summed E-state index contributed by atoms with van der Waals surface area (Å²) in [7, 11) is -1.65. The first-order chi connectivity index (χ1) is 13.0. The number of unbranched alkanes of at least 4 members (excludes halogenated alkanes) is 1. The number of carbonyl (C=O) groups is 1. The van der Waals surface area contributed by atoms with Crippen molar-refractivity contribution in [3.05, 3.63) is 0 Å². The summed E-state index contributed by atoms with van der Waals surface area (Å²) in [5.41, 5.74) is 0. The number of nitriles is 1. The van der Waals surface area contributed by atoms with Crippen LogP contribution in [-0.2, 0) is 13.8 Å². The highest BCUT2D eigenvalue weighted by molar-refractivity contribution is 7.44. The molecule has 2 atom stereocenters. The van der Waals surface area contributed by atoms with E-state index in [4.69, 9.17) is 19.4 Å². The molecule has 0 saturated carbocycles. The van der Waals surface area contributed by atoms with Gasteiger partial charge in [0.1, 0.15) is 0 Å². The minimum Gasteiger partial charge on any atom is -0.396 e. The Kier molecular flexibility index (Phi) is 13.6. The van der Waals surface area contributed by atoms with Crippen LogP contribution >= 0.6 is 8.53 Å². The lowest BCUT2D eigenvalue weighted by Crippen LogP contribution is -2.42. The summed E-state index contributed by atoms with van der Waals surface area (Å²) in [6, 6.07) is 2.05. The molecule has 164 valence electrons. The molecule has 0 spiro atoms. The Morgan fingerprint density at radius 1 is 1.25 bits per heavy atom. The molecule has 7 nitrogen and oxygen atoms in total. The van der Waals surface area contributed by atoms with Crippen molar-refractivity contribution in [2.24, 2.45) is 0 Å². The molecule has 1 amide bonds. The Morgan fingerprint density at radius 3 is 2.32 bits per heavy atom. The number of halogens is 3. The van der Waals surface area contributed by atoms with Crippen LogP contribution in [0.15, 0.2) is 0 Å². The first-order valence-electron chi connectivity index (χ1n) is 9.25. The van der Waals surface area contributed by atoms with Crippen molar-refractivity contribution in [3.63, 3.8) is 0 Å². The monoisotopic (exact) mass is 429 g/mol. The Hall–Kier alpha value is -0.980. The molecule has 0 fully saturated rings. The highest BCUT2D eigenvalue weighted by atomic mass is 31.2. The molecule has 2 N–H and O–H groups in total. The second kappa shape index (κ2) is 14.1. The molecule has 0 aliphatic heterocycles. The van der Waals surface area contributed by atoms with Gasteiger partial charge in [0.05, 0.1) is 25.2 Å². The molecule has 0 aromatic carbocycles. The fraction of sp³-hybridized carbons (Fsp3) is 0.882. The Balaban J connectivity index is 5.23. The van der Waals surface area contributed by atoms with Gasteiger partial charge in [0.25, 0.3) is 8.53 Å². The smallest absolute Gasteiger partial charge is 0.396 e. The fourth-order valence-electron chi connectivity index (χ4n) is 2.40. The van der Waals surface area contributed by atoms with E-state index < -0.39 is 26.7 Å². The van der Waals surface area contributed by atoms with Crippen molar-refractivity contribution in [1.29, 1.82) is 5.26 Å². The fourth-order valence-corrected chi connectivity index (χ4v) is 4.14. The summed E-state index contributed by atoms with van der Waals surface area (Å²) < 4.78 is 51.1. The van der Waals surface area contributed by atoms with Crippen LogP contribution in [-0.4, -0.2) is 59.8 Å². The number of nitrogens with one attached hydrogen (secondary N) is 1. The molecule has 0 saturated heterocycles. The molecule has 0 aliphatic rings. The van der Waals surface area contributed by atoms with E-state index in [-0.39, 0.29) is 38.3 Å². The van der Waals surface area contributed by atoms with Gasteiger partial charge in [-0.15, -0.1) is 0 Å². The third-order valence-corrected chi connectivity index (χ3v) is 5.77. The van der Waals surface area contributed by atoms with E-state index in [1.807, 2.05) is 43.8 Å². The van der Waals surface area contributed by atoms with Gasteiger partial charge in [-0.05, 0) is 47.0 Å². The number of carbonyl (C=O) groups excluding carboxylic acids is 1. The number of amides is 1. The van der Waals surface area contributed by atoms with Crippen molar-refractivity contribution >= 4 is 14.4 Å². The third-order valence-electron chi connectivity index (χ3n) is 3.58. The Labute approximate surface area is 166 Å². The SMILES string of the molecule is CC(C)N(C(C)C)P(OCCC#N)OC(CCCCO)CNC(=O)C(F)(F)F. The molecule has 0 heterocycles. The predicted octanol–water partition coefficient (Wildman–Crippen LogP) is 3.49. The van der Waals surface area contributed by atoms with Crippen LogP contribution in [0.3, 0.4) is 0 Å². The first kappa shape index (κ1) is 27.0. The zero-order valence-electron chi connectivity index (χ0n) is 16.8. The maximum absolute atomic E-state index is 12.5. The van der Waals surface area contributed by atoms with Crippen molar-refractivity contribution in [2.45, 2.75) is 77.7 Å². The van der Waals surface area contributed by atoms with E-state index >= 15 is 0 Å². The summed E-state index contributed by atoms with van der Waals surface area (Å²) in [4.78, 5) is 11.1. The van der Waals surface area contributed by atoms with Crippen molar-refractivity contribution in [2.75, 3.05) is 19.8 Å². The number of aliphatic hydroxyl groups is 1. The maximum Gasteiger partial charge on any atom is 0.471 e. The van der Waals surface area contributed by atoms with Crippen molar-refractivity contribution in [1.82, 2.24) is 9.99 Å². The molecule has 2 unspecified atom stereocenters. The maximum atomic E-state index is 12.5. The van der Waals surface area contributed by atoms with Crippen LogP contribution in [0.2, 0.25) is 0 Å². The lowest BCUT2D eigenvalue weighted by molar-refractivity contribution is -0.173. The highest BCUT2D eigenvalue weighted by Crippen LogP contribution is 2.47. The normalized spacial score (nSPS) is 14.4. The molecular formula is C17H31F3N3O4P. The van der Waals surface area contributed by atoms with Gasteiger partial charge in [-0.3, -0.25) is 4.79 Å². The van der Waals surface area contributed by atoms with Gasteiger partial charge in [-0.1, -0.05) is 0 Å². The minimum atomic E-state index is -4.97. The lowest BCUT2D eigenvalue weighted by Gasteiger charge is -2.37. The quantitative estimate of drug-likeness (QED) is 0.324. The van der Waals surface area contributed by atoms with Crippen molar-refractivity contribution in [3.8, 4) is 6.07 Å². The van der Waals surface area contributed by atoms with Crippen LogP contribution in [0.1, 0.15) is 53.4 Å². The number of alkyl halides is 3. The topological polar surface area (TPSA) is 94.8 Å². The molecule has 0 aromatic rings. The van der Waals surface area contributed by atoms with Gasteiger partial charge >= 0.3 is 12.1 Å². The van der Waals surface area contributed by atoms with E-state index in [0.29, 0.717) is 19.3 Å². The number of nitrogens with zero attached hydrogens (tertiary/aromatic N) is 2. The minimum absolute atomic E-state index is 0.0380. The molecule has 0 bridgehead atoms. The first-order valence-corrected chi connectivity index (χ1v) is 10.4. The summed E-state index contributed by atoms with van der Waals surface area (Å²) in [5, 5.41) is 19.5. The zero-order chi connectivity index (χ0) is 21.7. The number of hydrogen-bond donors (Lipinski definition) is 2. The van der Waals surface area contributed by atoms with Gasteiger partial charge in [0.15, 0.2) is 0 Å². The van der Waals surface area contributed by atoms with Crippen LogP contribution in [0, 0.1) is 11.3 Å². The Morgan fingerprint density at radius 2 is 1.86 bits per heavy atom.